The number of halogens is 2. The van der Waals surface area contributed by atoms with E-state index in [4.69, 9.17) is 0 Å². The fourth-order valence-electron chi connectivity index (χ4n) is 3.22. The number of nitrogens with one attached hydrogen (secondary N) is 2. The molecule has 0 spiro atoms. The van der Waals surface area contributed by atoms with Gasteiger partial charge in [0, 0.05) is 51.2 Å². The maximum atomic E-state index is 13.8. The summed E-state index contributed by atoms with van der Waals surface area (Å²) >= 11 is 1.08. The van der Waals surface area contributed by atoms with Crippen LogP contribution in [0.3, 0.4) is 0 Å². The van der Waals surface area contributed by atoms with Crippen molar-refractivity contribution in [3.8, 4) is 10.4 Å². The minimum Gasteiger partial charge on any atom is -0.365 e. The van der Waals surface area contributed by atoms with E-state index in [1.165, 1.54) is 12.3 Å². The molecule has 1 aliphatic heterocycles. The summed E-state index contributed by atoms with van der Waals surface area (Å²) in [5.74, 6) is 1.19. The molecule has 0 bridgehead atoms. The van der Waals surface area contributed by atoms with E-state index in [1.54, 1.807) is 6.92 Å². The summed E-state index contributed by atoms with van der Waals surface area (Å²) in [6.07, 6.45) is 0.0494. The summed E-state index contributed by atoms with van der Waals surface area (Å²) in [5, 5.41) is 6.25. The molecule has 1 aliphatic rings. The first-order valence-corrected chi connectivity index (χ1v) is 12.0. The number of anilines is 1. The number of alkyl halides is 2. The number of thiazole rings is 1. The highest BCUT2D eigenvalue weighted by atomic mass is 32.2. The van der Waals surface area contributed by atoms with Crippen molar-refractivity contribution in [3.63, 3.8) is 0 Å². The van der Waals surface area contributed by atoms with Crippen molar-refractivity contribution in [1.29, 1.82) is 0 Å². The predicted octanol–water partition coefficient (Wildman–Crippen LogP) is 4.30. The lowest BCUT2D eigenvalue weighted by molar-refractivity contribution is 0.0934. The highest BCUT2D eigenvalue weighted by molar-refractivity contribution is 7.85. The molecule has 2 aromatic heterocycles. The first-order chi connectivity index (χ1) is 14.0. The average molecular weight is 457 g/mol. The topological polar surface area (TPSA) is 84.0 Å². The number of nitrogens with zero attached hydrogens (tertiary/aromatic N) is 2. The van der Waals surface area contributed by atoms with Gasteiger partial charge in [-0.25, -0.2) is 18.7 Å². The van der Waals surface area contributed by atoms with E-state index >= 15 is 0 Å². The molecular weight excluding hydrogens is 430 g/mol. The summed E-state index contributed by atoms with van der Waals surface area (Å²) in [5.41, 5.74) is 0.331. The lowest BCUT2D eigenvalue weighted by Gasteiger charge is -2.22. The largest absolute Gasteiger partial charge is 0.365 e. The molecule has 6 nitrogen and oxygen atoms in total. The number of aryl methyl sites for hydroxylation is 1. The molecule has 2 N–H and O–H groups in total. The van der Waals surface area contributed by atoms with Crippen LogP contribution in [-0.4, -0.2) is 43.2 Å². The molecule has 10 heteroatoms. The van der Waals surface area contributed by atoms with Crippen LogP contribution in [-0.2, 0) is 10.8 Å². The van der Waals surface area contributed by atoms with Gasteiger partial charge in [0.25, 0.3) is 12.3 Å². The van der Waals surface area contributed by atoms with Gasteiger partial charge in [-0.15, -0.1) is 11.3 Å². The predicted molar refractivity (Wildman–Crippen MR) is 117 cm³/mol. The molecule has 0 saturated carbocycles. The Kier molecular flexibility index (Phi) is 6.86. The fourth-order valence-corrected chi connectivity index (χ4v) is 5.52. The molecule has 0 aliphatic carbocycles. The SMILES string of the molecule is Cc1nc(C(=O)NC2CCS(=O)CC2)sc1-c1cnc(NC(C)(C)C)cc1C(F)F. The van der Waals surface area contributed by atoms with Crippen LogP contribution < -0.4 is 10.6 Å². The van der Waals surface area contributed by atoms with Crippen LogP contribution in [0.4, 0.5) is 14.6 Å². The molecule has 0 radical (unpaired) electrons. The van der Waals surface area contributed by atoms with Crippen molar-refractivity contribution >= 4 is 33.9 Å². The van der Waals surface area contributed by atoms with Crippen molar-refractivity contribution in [1.82, 2.24) is 15.3 Å². The van der Waals surface area contributed by atoms with Gasteiger partial charge in [-0.3, -0.25) is 9.00 Å². The zero-order valence-corrected chi connectivity index (χ0v) is 19.1. The number of carbonyl (C=O) groups is 1. The smallest absolute Gasteiger partial charge is 0.280 e. The molecule has 30 heavy (non-hydrogen) atoms. The Morgan fingerprint density at radius 1 is 1.30 bits per heavy atom. The summed E-state index contributed by atoms with van der Waals surface area (Å²) < 4.78 is 39.0. The second kappa shape index (κ2) is 9.05. The van der Waals surface area contributed by atoms with Gasteiger partial charge in [0.1, 0.15) is 5.82 Å². The number of amides is 1. The number of pyridine rings is 1. The molecule has 3 heterocycles. The highest BCUT2D eigenvalue weighted by Crippen LogP contribution is 2.37. The number of rotatable bonds is 5. The van der Waals surface area contributed by atoms with Crippen molar-refractivity contribution < 1.29 is 17.8 Å². The van der Waals surface area contributed by atoms with Gasteiger partial charge in [-0.1, -0.05) is 0 Å². The molecule has 2 aromatic rings. The minimum absolute atomic E-state index is 0.0381. The normalized spacial score (nSPS) is 19.7. The van der Waals surface area contributed by atoms with E-state index in [0.29, 0.717) is 40.7 Å². The van der Waals surface area contributed by atoms with Crippen molar-refractivity contribution in [2.45, 2.75) is 58.5 Å². The highest BCUT2D eigenvalue weighted by Gasteiger charge is 2.25. The van der Waals surface area contributed by atoms with Crippen LogP contribution in [0.25, 0.3) is 10.4 Å². The zero-order chi connectivity index (χ0) is 22.1. The van der Waals surface area contributed by atoms with Crippen LogP contribution in [0, 0.1) is 6.92 Å². The number of carbonyl (C=O) groups excluding carboxylic acids is 1. The van der Waals surface area contributed by atoms with Crippen LogP contribution >= 0.6 is 11.3 Å². The van der Waals surface area contributed by atoms with Crippen LogP contribution in [0.5, 0.6) is 0 Å². The molecule has 0 atom stereocenters. The van der Waals surface area contributed by atoms with E-state index < -0.39 is 17.2 Å². The Morgan fingerprint density at radius 2 is 1.97 bits per heavy atom. The van der Waals surface area contributed by atoms with Gasteiger partial charge in [0.2, 0.25) is 0 Å². The van der Waals surface area contributed by atoms with Crippen LogP contribution in [0.15, 0.2) is 12.3 Å². The first kappa shape index (κ1) is 22.7. The second-order valence-corrected chi connectivity index (χ2v) is 11.1. The van der Waals surface area contributed by atoms with Gasteiger partial charge in [0.15, 0.2) is 5.01 Å². The van der Waals surface area contributed by atoms with E-state index in [0.717, 1.165) is 11.3 Å². The summed E-state index contributed by atoms with van der Waals surface area (Å²) in [6.45, 7) is 7.47. The Labute approximate surface area is 181 Å². The van der Waals surface area contributed by atoms with Crippen molar-refractivity contribution in [3.05, 3.63) is 28.5 Å². The molecule has 3 rings (SSSR count). The molecule has 1 amide bonds. The average Bonchev–Trinajstić information content (AvgIpc) is 3.04. The summed E-state index contributed by atoms with van der Waals surface area (Å²) in [6, 6.07) is 1.32. The lowest BCUT2D eigenvalue weighted by Crippen LogP contribution is -2.39. The third kappa shape index (κ3) is 5.60. The molecule has 0 aromatic carbocycles. The third-order valence-corrected chi connectivity index (χ3v) is 7.20. The number of aromatic nitrogens is 2. The molecule has 0 unspecified atom stereocenters. The van der Waals surface area contributed by atoms with E-state index in [-0.39, 0.29) is 33.6 Å². The molecule has 1 saturated heterocycles. The molecule has 1 fully saturated rings. The third-order valence-electron chi connectivity index (χ3n) is 4.63. The zero-order valence-electron chi connectivity index (χ0n) is 17.4. The van der Waals surface area contributed by atoms with Gasteiger partial charge >= 0.3 is 0 Å². The van der Waals surface area contributed by atoms with Gasteiger partial charge in [-0.05, 0) is 46.6 Å². The standard InChI is InChI=1S/C20H26F2N4O2S2/c1-11-16(14-10-23-15(26-20(2,3)4)9-13(14)17(21)22)29-19(24-11)18(27)25-12-5-7-30(28)8-6-12/h9-10,12,17H,5-8H2,1-4H3,(H,23,26)(H,25,27). The maximum Gasteiger partial charge on any atom is 0.280 e. The minimum atomic E-state index is -2.69. The Hall–Kier alpha value is -1.94. The number of hydrogen-bond acceptors (Lipinski definition) is 6. The van der Waals surface area contributed by atoms with Crippen LogP contribution in [0.2, 0.25) is 0 Å². The second-order valence-electron chi connectivity index (χ2n) is 8.36. The molecular formula is C20H26F2N4O2S2. The Balaban J connectivity index is 1.85. The lowest BCUT2D eigenvalue weighted by atomic mass is 10.1. The Morgan fingerprint density at radius 3 is 2.57 bits per heavy atom. The van der Waals surface area contributed by atoms with E-state index in [9.17, 15) is 17.8 Å². The first-order valence-electron chi connectivity index (χ1n) is 9.73. The fraction of sp³-hybridized carbons (Fsp3) is 0.550. The summed E-state index contributed by atoms with van der Waals surface area (Å²) in [4.78, 5) is 21.7. The summed E-state index contributed by atoms with van der Waals surface area (Å²) in [7, 11) is -0.808. The maximum absolute atomic E-state index is 13.8. The van der Waals surface area contributed by atoms with Crippen molar-refractivity contribution in [2.24, 2.45) is 0 Å². The van der Waals surface area contributed by atoms with Gasteiger partial charge in [-0.2, -0.15) is 0 Å². The monoisotopic (exact) mass is 456 g/mol. The molecule has 164 valence electrons. The Bertz CT molecular complexity index is 947. The van der Waals surface area contributed by atoms with Gasteiger partial charge < -0.3 is 10.6 Å². The van der Waals surface area contributed by atoms with Crippen molar-refractivity contribution in [2.75, 3.05) is 16.8 Å². The van der Waals surface area contributed by atoms with Crippen LogP contribution in [0.1, 0.15) is 61.1 Å². The van der Waals surface area contributed by atoms with E-state index in [1.807, 2.05) is 20.8 Å². The quantitative estimate of drug-likeness (QED) is 0.701. The van der Waals surface area contributed by atoms with E-state index in [2.05, 4.69) is 20.6 Å². The van der Waals surface area contributed by atoms with Gasteiger partial charge in [0.05, 0.1) is 10.6 Å². The number of hydrogen-bond donors (Lipinski definition) is 2.